The fourth-order valence-corrected chi connectivity index (χ4v) is 3.62. The predicted octanol–water partition coefficient (Wildman–Crippen LogP) is 1.67. The first-order valence-corrected chi connectivity index (χ1v) is 7.83. The van der Waals surface area contributed by atoms with E-state index in [0.29, 0.717) is 17.1 Å². The first-order chi connectivity index (χ1) is 8.87. The van der Waals surface area contributed by atoms with Gasteiger partial charge in [-0.3, -0.25) is 4.79 Å². The zero-order valence-corrected chi connectivity index (χ0v) is 11.7. The van der Waals surface area contributed by atoms with Gasteiger partial charge in [0.2, 0.25) is 6.79 Å². The molecule has 1 aliphatic rings. The maximum absolute atomic E-state index is 12.0. The predicted molar refractivity (Wildman–Crippen MR) is 70.4 cm³/mol. The van der Waals surface area contributed by atoms with Gasteiger partial charge in [-0.2, -0.15) is 0 Å². The summed E-state index contributed by atoms with van der Waals surface area (Å²) in [7, 11) is -3.36. The van der Waals surface area contributed by atoms with E-state index in [9.17, 15) is 13.2 Å². The monoisotopic (exact) mass is 284 g/mol. The Bertz CT molecular complexity index is 589. The molecule has 19 heavy (non-hydrogen) atoms. The van der Waals surface area contributed by atoms with E-state index in [1.54, 1.807) is 12.1 Å². The van der Waals surface area contributed by atoms with Crippen LogP contribution in [0.5, 0.6) is 11.5 Å². The second kappa shape index (κ2) is 5.21. The molecule has 0 aromatic heterocycles. The zero-order chi connectivity index (χ0) is 14.0. The van der Waals surface area contributed by atoms with Gasteiger partial charge < -0.3 is 9.47 Å². The van der Waals surface area contributed by atoms with Crippen LogP contribution in [0, 0.1) is 5.92 Å². The lowest BCUT2D eigenvalue weighted by molar-refractivity contribution is 0.102. The summed E-state index contributed by atoms with van der Waals surface area (Å²) in [5, 5.41) is 0. The summed E-state index contributed by atoms with van der Waals surface area (Å²) in [6.07, 6.45) is 0. The number of hydrogen-bond acceptors (Lipinski definition) is 5. The standard InChI is InChI=1S/C13H16O5S/c1-9(2)6-19(15,16)7-11(14)10-3-4-12-13(5-10)18-8-17-12/h3-5,9H,6-8H2,1-2H3. The summed E-state index contributed by atoms with van der Waals surface area (Å²) < 4.78 is 33.9. The van der Waals surface area contributed by atoms with Crippen molar-refractivity contribution in [1.82, 2.24) is 0 Å². The lowest BCUT2D eigenvalue weighted by Gasteiger charge is -2.06. The van der Waals surface area contributed by atoms with Gasteiger partial charge in [0.25, 0.3) is 0 Å². The quantitative estimate of drug-likeness (QED) is 0.769. The van der Waals surface area contributed by atoms with E-state index < -0.39 is 21.4 Å². The number of ether oxygens (including phenoxy) is 2. The first-order valence-electron chi connectivity index (χ1n) is 6.00. The third-order valence-electron chi connectivity index (χ3n) is 2.63. The number of ketones is 1. The highest BCUT2D eigenvalue weighted by atomic mass is 32.2. The van der Waals surface area contributed by atoms with Gasteiger partial charge in [-0.05, 0) is 24.1 Å². The first kappa shape index (κ1) is 13.9. The third kappa shape index (κ3) is 3.47. The summed E-state index contributed by atoms with van der Waals surface area (Å²) in [6.45, 7) is 3.74. The maximum Gasteiger partial charge on any atom is 0.231 e. The van der Waals surface area contributed by atoms with Gasteiger partial charge in [0, 0.05) is 5.56 Å². The van der Waals surface area contributed by atoms with Crippen LogP contribution in [-0.4, -0.2) is 32.5 Å². The summed E-state index contributed by atoms with van der Waals surface area (Å²) in [6, 6.07) is 4.70. The molecule has 0 unspecified atom stereocenters. The molecule has 0 radical (unpaired) electrons. The Kier molecular flexibility index (Phi) is 3.80. The molecule has 1 aromatic carbocycles. The third-order valence-corrected chi connectivity index (χ3v) is 4.51. The average molecular weight is 284 g/mol. The Balaban J connectivity index is 2.12. The molecule has 0 aliphatic carbocycles. The van der Waals surface area contributed by atoms with E-state index in [4.69, 9.17) is 9.47 Å². The van der Waals surface area contributed by atoms with Crippen LogP contribution >= 0.6 is 0 Å². The minimum Gasteiger partial charge on any atom is -0.454 e. The summed E-state index contributed by atoms with van der Waals surface area (Å²) in [4.78, 5) is 12.0. The lowest BCUT2D eigenvalue weighted by Crippen LogP contribution is -2.21. The van der Waals surface area contributed by atoms with Crippen LogP contribution in [0.15, 0.2) is 18.2 Å². The molecule has 1 heterocycles. The number of fused-ring (bicyclic) bond motifs is 1. The topological polar surface area (TPSA) is 69.7 Å². The Labute approximate surface area is 112 Å². The Morgan fingerprint density at radius 3 is 2.63 bits per heavy atom. The number of benzene rings is 1. The van der Waals surface area contributed by atoms with Crippen molar-refractivity contribution in [3.8, 4) is 11.5 Å². The van der Waals surface area contributed by atoms with E-state index in [-0.39, 0.29) is 18.5 Å². The fraction of sp³-hybridized carbons (Fsp3) is 0.462. The zero-order valence-electron chi connectivity index (χ0n) is 10.9. The summed E-state index contributed by atoms with van der Waals surface area (Å²) in [5.74, 6) is 0.191. The minimum atomic E-state index is -3.36. The van der Waals surface area contributed by atoms with Crippen LogP contribution in [0.4, 0.5) is 0 Å². The molecule has 0 saturated carbocycles. The van der Waals surface area contributed by atoms with E-state index >= 15 is 0 Å². The molecule has 6 heteroatoms. The molecule has 1 aliphatic heterocycles. The van der Waals surface area contributed by atoms with Crippen molar-refractivity contribution in [3.63, 3.8) is 0 Å². The average Bonchev–Trinajstić information content (AvgIpc) is 2.72. The number of carbonyl (C=O) groups is 1. The van der Waals surface area contributed by atoms with Gasteiger partial charge >= 0.3 is 0 Å². The van der Waals surface area contributed by atoms with E-state index in [1.165, 1.54) is 6.07 Å². The molecule has 0 atom stereocenters. The van der Waals surface area contributed by atoms with Crippen LogP contribution in [0.1, 0.15) is 24.2 Å². The molecule has 0 bridgehead atoms. The SMILES string of the molecule is CC(C)CS(=O)(=O)CC(=O)c1ccc2c(c1)OCO2. The number of carbonyl (C=O) groups excluding carboxylic acids is 1. The molecular formula is C13H16O5S. The van der Waals surface area contributed by atoms with Crippen molar-refractivity contribution in [1.29, 1.82) is 0 Å². The van der Waals surface area contributed by atoms with Gasteiger partial charge in [-0.15, -0.1) is 0 Å². The van der Waals surface area contributed by atoms with Gasteiger partial charge in [-0.1, -0.05) is 13.8 Å². The van der Waals surface area contributed by atoms with Crippen molar-refractivity contribution in [3.05, 3.63) is 23.8 Å². The number of sulfone groups is 1. The second-order valence-electron chi connectivity index (χ2n) is 4.94. The highest BCUT2D eigenvalue weighted by Gasteiger charge is 2.21. The molecule has 0 saturated heterocycles. The van der Waals surface area contributed by atoms with Crippen LogP contribution < -0.4 is 9.47 Å². The Hall–Kier alpha value is -1.56. The normalized spacial score (nSPS) is 13.8. The van der Waals surface area contributed by atoms with E-state index in [2.05, 4.69) is 0 Å². The van der Waals surface area contributed by atoms with Crippen molar-refractivity contribution < 1.29 is 22.7 Å². The largest absolute Gasteiger partial charge is 0.454 e. The molecule has 104 valence electrons. The van der Waals surface area contributed by atoms with Gasteiger partial charge in [0.1, 0.15) is 5.75 Å². The molecule has 0 N–H and O–H groups in total. The number of hydrogen-bond donors (Lipinski definition) is 0. The van der Waals surface area contributed by atoms with Gasteiger partial charge in [-0.25, -0.2) is 8.42 Å². The van der Waals surface area contributed by atoms with Gasteiger partial charge in [0.05, 0.1) is 5.75 Å². The second-order valence-corrected chi connectivity index (χ2v) is 7.05. The Morgan fingerprint density at radius 1 is 1.26 bits per heavy atom. The van der Waals surface area contributed by atoms with Crippen LogP contribution in [0.25, 0.3) is 0 Å². The molecule has 5 nitrogen and oxygen atoms in total. The Morgan fingerprint density at radius 2 is 1.95 bits per heavy atom. The van der Waals surface area contributed by atoms with Crippen molar-refractivity contribution in [2.75, 3.05) is 18.3 Å². The van der Waals surface area contributed by atoms with Gasteiger partial charge in [0.15, 0.2) is 27.1 Å². The van der Waals surface area contributed by atoms with E-state index in [1.807, 2.05) is 13.8 Å². The molecule has 2 rings (SSSR count). The maximum atomic E-state index is 12.0. The highest BCUT2D eigenvalue weighted by Crippen LogP contribution is 2.32. The molecular weight excluding hydrogens is 268 g/mol. The van der Waals surface area contributed by atoms with Crippen LogP contribution in [0.3, 0.4) is 0 Å². The highest BCUT2D eigenvalue weighted by molar-refractivity contribution is 7.92. The number of rotatable bonds is 5. The van der Waals surface area contributed by atoms with Crippen molar-refractivity contribution in [2.45, 2.75) is 13.8 Å². The fourth-order valence-electron chi connectivity index (χ4n) is 1.92. The summed E-state index contributed by atoms with van der Waals surface area (Å²) in [5.41, 5.74) is 0.330. The molecule has 0 amide bonds. The van der Waals surface area contributed by atoms with Crippen LogP contribution in [0.2, 0.25) is 0 Å². The van der Waals surface area contributed by atoms with Crippen LogP contribution in [-0.2, 0) is 9.84 Å². The van der Waals surface area contributed by atoms with E-state index in [0.717, 1.165) is 0 Å². The molecule has 0 fully saturated rings. The summed E-state index contributed by atoms with van der Waals surface area (Å²) >= 11 is 0. The smallest absolute Gasteiger partial charge is 0.231 e. The minimum absolute atomic E-state index is 0.00885. The van der Waals surface area contributed by atoms with Crippen molar-refractivity contribution in [2.24, 2.45) is 5.92 Å². The lowest BCUT2D eigenvalue weighted by atomic mass is 10.1. The van der Waals surface area contributed by atoms with Crippen molar-refractivity contribution >= 4 is 15.6 Å². The molecule has 0 spiro atoms. The number of Topliss-reactive ketones (excluding diaryl/α,β-unsaturated/α-hetero) is 1. The molecule has 1 aromatic rings.